The summed E-state index contributed by atoms with van der Waals surface area (Å²) in [5.41, 5.74) is -1.76. The summed E-state index contributed by atoms with van der Waals surface area (Å²) in [5, 5.41) is 7.10. The standard InChI is InChI=1S/C22H20ClFN4O4/c23-15-7-9-16(10-8-15)28-22(31)27(13-14-4-1-2-6-18(14)24)21(30)19(26-28)20(29)25-12-17-5-3-11-32-17/h1-2,4,6-10,17H,3,5,11-13H2,(H,25,29)/t17-/m1/s1. The van der Waals surface area contributed by atoms with Crippen LogP contribution < -0.4 is 16.6 Å². The van der Waals surface area contributed by atoms with Gasteiger partial charge in [-0.2, -0.15) is 9.78 Å². The van der Waals surface area contributed by atoms with Gasteiger partial charge >= 0.3 is 5.69 Å². The lowest BCUT2D eigenvalue weighted by Gasteiger charge is -2.14. The second kappa shape index (κ2) is 9.46. The molecule has 8 nitrogen and oxygen atoms in total. The molecular weight excluding hydrogens is 439 g/mol. The average molecular weight is 459 g/mol. The van der Waals surface area contributed by atoms with E-state index < -0.39 is 28.7 Å². The smallest absolute Gasteiger partial charge is 0.352 e. The Morgan fingerprint density at radius 3 is 2.62 bits per heavy atom. The number of ether oxygens (including phenoxy) is 1. The monoisotopic (exact) mass is 458 g/mol. The number of hydrogen-bond acceptors (Lipinski definition) is 5. The fraction of sp³-hybridized carbons (Fsp3) is 0.273. The highest BCUT2D eigenvalue weighted by molar-refractivity contribution is 6.30. The van der Waals surface area contributed by atoms with E-state index >= 15 is 0 Å². The van der Waals surface area contributed by atoms with Crippen LogP contribution in [-0.2, 0) is 11.3 Å². The Kier molecular flexibility index (Phi) is 6.48. The van der Waals surface area contributed by atoms with Gasteiger partial charge in [-0.25, -0.2) is 9.18 Å². The number of carbonyl (C=O) groups excluding carboxylic acids is 1. The van der Waals surface area contributed by atoms with Crippen molar-refractivity contribution in [2.45, 2.75) is 25.5 Å². The fourth-order valence-electron chi connectivity index (χ4n) is 3.44. The molecule has 166 valence electrons. The Morgan fingerprint density at radius 2 is 1.94 bits per heavy atom. The van der Waals surface area contributed by atoms with E-state index in [0.29, 0.717) is 17.3 Å². The van der Waals surface area contributed by atoms with Crippen LogP contribution in [0.15, 0.2) is 58.1 Å². The van der Waals surface area contributed by atoms with E-state index in [2.05, 4.69) is 10.4 Å². The first kappa shape index (κ1) is 21.9. The number of nitrogens with zero attached hydrogens (tertiary/aromatic N) is 3. The molecule has 0 bridgehead atoms. The Hall–Kier alpha value is -3.30. The van der Waals surface area contributed by atoms with E-state index in [-0.39, 0.29) is 24.8 Å². The van der Waals surface area contributed by atoms with Crippen molar-refractivity contribution >= 4 is 17.5 Å². The van der Waals surface area contributed by atoms with Gasteiger partial charge in [-0.1, -0.05) is 29.8 Å². The van der Waals surface area contributed by atoms with E-state index in [4.69, 9.17) is 16.3 Å². The average Bonchev–Trinajstić information content (AvgIpc) is 3.31. The van der Waals surface area contributed by atoms with E-state index in [1.807, 2.05) is 0 Å². The zero-order valence-electron chi connectivity index (χ0n) is 17.0. The maximum atomic E-state index is 14.2. The fourth-order valence-corrected chi connectivity index (χ4v) is 3.57. The Bertz CT molecular complexity index is 1250. The Morgan fingerprint density at radius 1 is 1.19 bits per heavy atom. The summed E-state index contributed by atoms with van der Waals surface area (Å²) < 4.78 is 21.4. The van der Waals surface area contributed by atoms with Crippen LogP contribution in [0.4, 0.5) is 4.39 Å². The van der Waals surface area contributed by atoms with Crippen LogP contribution in [0.5, 0.6) is 0 Å². The van der Waals surface area contributed by atoms with Crippen LogP contribution in [0, 0.1) is 5.82 Å². The molecule has 1 N–H and O–H groups in total. The van der Waals surface area contributed by atoms with Gasteiger partial charge in [0.05, 0.1) is 18.3 Å². The minimum atomic E-state index is -0.909. The van der Waals surface area contributed by atoms with Gasteiger partial charge < -0.3 is 10.1 Å². The Balaban J connectivity index is 1.77. The van der Waals surface area contributed by atoms with Gasteiger partial charge in [0.25, 0.3) is 11.5 Å². The molecule has 1 fully saturated rings. The van der Waals surface area contributed by atoms with Crippen molar-refractivity contribution < 1.29 is 13.9 Å². The highest BCUT2D eigenvalue weighted by Gasteiger charge is 2.23. The van der Waals surface area contributed by atoms with E-state index in [1.54, 1.807) is 18.2 Å². The van der Waals surface area contributed by atoms with Gasteiger partial charge in [-0.3, -0.25) is 14.2 Å². The zero-order valence-corrected chi connectivity index (χ0v) is 17.7. The van der Waals surface area contributed by atoms with Crippen LogP contribution >= 0.6 is 11.6 Å². The van der Waals surface area contributed by atoms with Crippen molar-refractivity contribution in [1.82, 2.24) is 19.7 Å². The molecule has 2 heterocycles. The van der Waals surface area contributed by atoms with Gasteiger partial charge in [0.15, 0.2) is 0 Å². The molecule has 4 rings (SSSR count). The zero-order chi connectivity index (χ0) is 22.7. The number of rotatable bonds is 6. The highest BCUT2D eigenvalue weighted by Crippen LogP contribution is 2.12. The molecule has 1 aromatic heterocycles. The summed E-state index contributed by atoms with van der Waals surface area (Å²) in [6, 6.07) is 12.0. The van der Waals surface area contributed by atoms with Crippen LogP contribution in [-0.4, -0.2) is 39.5 Å². The van der Waals surface area contributed by atoms with Crippen LogP contribution in [0.25, 0.3) is 5.69 Å². The lowest BCUT2D eigenvalue weighted by atomic mass is 10.2. The minimum Gasteiger partial charge on any atom is -0.376 e. The van der Waals surface area contributed by atoms with Gasteiger partial charge in [-0.05, 0) is 43.2 Å². The molecule has 0 unspecified atom stereocenters. The van der Waals surface area contributed by atoms with Crippen LogP contribution in [0.2, 0.25) is 5.02 Å². The van der Waals surface area contributed by atoms with Crippen molar-refractivity contribution in [1.29, 1.82) is 0 Å². The molecule has 0 radical (unpaired) electrons. The lowest BCUT2D eigenvalue weighted by molar-refractivity contribution is 0.0849. The minimum absolute atomic E-state index is 0.131. The molecule has 0 saturated carbocycles. The van der Waals surface area contributed by atoms with Crippen molar-refractivity contribution in [3.05, 3.63) is 91.5 Å². The second-order valence-electron chi connectivity index (χ2n) is 7.35. The first-order valence-corrected chi connectivity index (χ1v) is 10.4. The molecule has 1 amide bonds. The molecule has 1 aliphatic rings. The van der Waals surface area contributed by atoms with Crippen molar-refractivity contribution in [3.63, 3.8) is 0 Å². The normalized spacial score (nSPS) is 15.6. The van der Waals surface area contributed by atoms with Crippen molar-refractivity contribution in [3.8, 4) is 5.69 Å². The van der Waals surface area contributed by atoms with Crippen LogP contribution in [0.1, 0.15) is 28.9 Å². The molecule has 1 saturated heterocycles. The molecule has 1 aliphatic heterocycles. The second-order valence-corrected chi connectivity index (χ2v) is 7.78. The SMILES string of the molecule is O=C(NC[C@H]1CCCO1)c1nn(-c2ccc(Cl)cc2)c(=O)n(Cc2ccccc2F)c1=O. The number of carbonyl (C=O) groups is 1. The number of hydrogen-bond donors (Lipinski definition) is 1. The topological polar surface area (TPSA) is 95.2 Å². The number of benzene rings is 2. The molecular formula is C22H20ClFN4O4. The molecule has 0 spiro atoms. The van der Waals surface area contributed by atoms with Gasteiger partial charge in [0.2, 0.25) is 5.69 Å². The molecule has 2 aromatic carbocycles. The summed E-state index contributed by atoms with van der Waals surface area (Å²) >= 11 is 5.92. The summed E-state index contributed by atoms with van der Waals surface area (Å²) in [6.07, 6.45) is 1.56. The molecule has 32 heavy (non-hydrogen) atoms. The van der Waals surface area contributed by atoms with E-state index in [9.17, 15) is 18.8 Å². The van der Waals surface area contributed by atoms with Gasteiger partial charge in [0.1, 0.15) is 5.82 Å². The van der Waals surface area contributed by atoms with Crippen LogP contribution in [0.3, 0.4) is 0 Å². The summed E-state index contributed by atoms with van der Waals surface area (Å²) in [4.78, 5) is 38.9. The number of halogens is 2. The maximum absolute atomic E-state index is 14.2. The van der Waals surface area contributed by atoms with Crippen molar-refractivity contribution in [2.75, 3.05) is 13.2 Å². The third kappa shape index (κ3) is 4.63. The van der Waals surface area contributed by atoms with Gasteiger partial charge in [-0.15, -0.1) is 0 Å². The number of aromatic nitrogens is 3. The van der Waals surface area contributed by atoms with Gasteiger partial charge in [0, 0.05) is 23.7 Å². The van der Waals surface area contributed by atoms with E-state index in [0.717, 1.165) is 22.1 Å². The molecule has 0 aliphatic carbocycles. The summed E-state index contributed by atoms with van der Waals surface area (Å²) in [5.74, 6) is -1.31. The third-order valence-corrected chi connectivity index (χ3v) is 5.40. The Labute approximate surface area is 187 Å². The van der Waals surface area contributed by atoms with Crippen molar-refractivity contribution in [2.24, 2.45) is 0 Å². The summed E-state index contributed by atoms with van der Waals surface area (Å²) in [7, 11) is 0. The molecule has 1 atom stereocenters. The number of nitrogens with one attached hydrogen (secondary N) is 1. The molecule has 10 heteroatoms. The predicted octanol–water partition coefficient (Wildman–Crippen LogP) is 2.14. The lowest BCUT2D eigenvalue weighted by Crippen LogP contribution is -2.46. The first-order valence-electron chi connectivity index (χ1n) is 10.1. The molecule has 3 aromatic rings. The first-order chi connectivity index (χ1) is 15.4. The quantitative estimate of drug-likeness (QED) is 0.610. The predicted molar refractivity (Wildman–Crippen MR) is 116 cm³/mol. The number of amides is 1. The maximum Gasteiger partial charge on any atom is 0.352 e. The van der Waals surface area contributed by atoms with E-state index in [1.165, 1.54) is 30.3 Å². The third-order valence-electron chi connectivity index (χ3n) is 5.15. The largest absolute Gasteiger partial charge is 0.376 e. The highest BCUT2D eigenvalue weighted by atomic mass is 35.5. The summed E-state index contributed by atoms with van der Waals surface area (Å²) in [6.45, 7) is 0.482.